The molecular formula is C16H15FO3. The van der Waals surface area contributed by atoms with Gasteiger partial charge in [0.05, 0.1) is 13.0 Å². The molecule has 0 amide bonds. The first-order chi connectivity index (χ1) is 9.54. The SMILES string of the molecule is COc1cc(C(C)C(=O)O)ccc1-c1ccccc1F. The summed E-state index contributed by atoms with van der Waals surface area (Å²) in [5, 5.41) is 9.03. The summed E-state index contributed by atoms with van der Waals surface area (Å²) in [6, 6.07) is 11.4. The van der Waals surface area contributed by atoms with Gasteiger partial charge in [0.25, 0.3) is 0 Å². The summed E-state index contributed by atoms with van der Waals surface area (Å²) in [4.78, 5) is 11.0. The smallest absolute Gasteiger partial charge is 0.310 e. The van der Waals surface area contributed by atoms with Gasteiger partial charge < -0.3 is 9.84 Å². The highest BCUT2D eigenvalue weighted by Crippen LogP contribution is 2.34. The Kier molecular flexibility index (Phi) is 4.03. The van der Waals surface area contributed by atoms with Crippen LogP contribution in [0.15, 0.2) is 42.5 Å². The number of halogens is 1. The summed E-state index contributed by atoms with van der Waals surface area (Å²) >= 11 is 0. The highest BCUT2D eigenvalue weighted by molar-refractivity contribution is 5.77. The molecule has 2 aromatic rings. The number of rotatable bonds is 4. The predicted molar refractivity (Wildman–Crippen MR) is 74.4 cm³/mol. The molecule has 0 bridgehead atoms. The van der Waals surface area contributed by atoms with E-state index in [1.54, 1.807) is 43.3 Å². The molecule has 0 aromatic heterocycles. The lowest BCUT2D eigenvalue weighted by Gasteiger charge is -2.13. The Morgan fingerprint density at radius 1 is 1.20 bits per heavy atom. The van der Waals surface area contributed by atoms with E-state index in [2.05, 4.69) is 0 Å². The molecule has 0 saturated carbocycles. The first-order valence-corrected chi connectivity index (χ1v) is 6.20. The van der Waals surface area contributed by atoms with Crippen molar-refractivity contribution < 1.29 is 19.0 Å². The minimum atomic E-state index is -0.911. The van der Waals surface area contributed by atoms with Crippen molar-refractivity contribution in [3.8, 4) is 16.9 Å². The van der Waals surface area contributed by atoms with Gasteiger partial charge in [-0.05, 0) is 24.6 Å². The summed E-state index contributed by atoms with van der Waals surface area (Å²) in [5.74, 6) is -1.44. The molecule has 1 N–H and O–H groups in total. The lowest BCUT2D eigenvalue weighted by atomic mass is 9.96. The second-order valence-electron chi connectivity index (χ2n) is 4.50. The van der Waals surface area contributed by atoms with E-state index in [-0.39, 0.29) is 5.82 Å². The molecule has 1 unspecified atom stereocenters. The normalized spacial score (nSPS) is 11.9. The van der Waals surface area contributed by atoms with Crippen molar-refractivity contribution >= 4 is 5.97 Å². The van der Waals surface area contributed by atoms with E-state index < -0.39 is 11.9 Å². The van der Waals surface area contributed by atoms with Crippen LogP contribution in [0.25, 0.3) is 11.1 Å². The van der Waals surface area contributed by atoms with Gasteiger partial charge in [-0.1, -0.05) is 30.3 Å². The molecule has 4 heteroatoms. The number of ether oxygens (including phenoxy) is 1. The molecule has 2 rings (SSSR count). The number of hydrogen-bond donors (Lipinski definition) is 1. The van der Waals surface area contributed by atoms with Crippen LogP contribution >= 0.6 is 0 Å². The Balaban J connectivity index is 2.51. The number of aliphatic carboxylic acids is 1. The number of hydrogen-bond acceptors (Lipinski definition) is 2. The van der Waals surface area contributed by atoms with Crippen LogP contribution in [0.4, 0.5) is 4.39 Å². The van der Waals surface area contributed by atoms with Crippen LogP contribution in [0.5, 0.6) is 5.75 Å². The molecular weight excluding hydrogens is 259 g/mol. The van der Waals surface area contributed by atoms with Crippen LogP contribution in [-0.4, -0.2) is 18.2 Å². The second-order valence-corrected chi connectivity index (χ2v) is 4.50. The zero-order valence-corrected chi connectivity index (χ0v) is 11.3. The Morgan fingerprint density at radius 2 is 1.90 bits per heavy atom. The highest BCUT2D eigenvalue weighted by Gasteiger charge is 2.17. The Morgan fingerprint density at radius 3 is 2.50 bits per heavy atom. The van der Waals surface area contributed by atoms with Gasteiger partial charge in [-0.2, -0.15) is 0 Å². The quantitative estimate of drug-likeness (QED) is 0.924. The third-order valence-electron chi connectivity index (χ3n) is 3.26. The fraction of sp³-hybridized carbons (Fsp3) is 0.188. The first-order valence-electron chi connectivity index (χ1n) is 6.20. The van der Waals surface area contributed by atoms with Crippen molar-refractivity contribution in [2.24, 2.45) is 0 Å². The molecule has 3 nitrogen and oxygen atoms in total. The maximum atomic E-state index is 13.8. The lowest BCUT2D eigenvalue weighted by molar-refractivity contribution is -0.138. The van der Waals surface area contributed by atoms with E-state index in [1.807, 2.05) is 0 Å². The lowest BCUT2D eigenvalue weighted by Crippen LogP contribution is -2.07. The monoisotopic (exact) mass is 274 g/mol. The molecule has 2 aromatic carbocycles. The number of carbonyl (C=O) groups is 1. The number of carboxylic acids is 1. The summed E-state index contributed by atoms with van der Waals surface area (Å²) in [5.41, 5.74) is 1.65. The average Bonchev–Trinajstić information content (AvgIpc) is 2.46. The summed E-state index contributed by atoms with van der Waals surface area (Å²) in [7, 11) is 1.48. The summed E-state index contributed by atoms with van der Waals surface area (Å²) in [6.07, 6.45) is 0. The third-order valence-corrected chi connectivity index (χ3v) is 3.26. The van der Waals surface area contributed by atoms with E-state index in [0.29, 0.717) is 22.4 Å². The predicted octanol–water partition coefficient (Wildman–Crippen LogP) is 3.69. The molecule has 104 valence electrons. The van der Waals surface area contributed by atoms with E-state index >= 15 is 0 Å². The van der Waals surface area contributed by atoms with Crippen LogP contribution in [0, 0.1) is 5.82 Å². The van der Waals surface area contributed by atoms with Crippen molar-refractivity contribution in [3.05, 3.63) is 53.8 Å². The molecule has 1 atom stereocenters. The molecule has 0 radical (unpaired) electrons. The van der Waals surface area contributed by atoms with Gasteiger partial charge in [-0.25, -0.2) is 4.39 Å². The van der Waals surface area contributed by atoms with E-state index in [4.69, 9.17) is 9.84 Å². The van der Waals surface area contributed by atoms with E-state index in [0.717, 1.165) is 0 Å². The van der Waals surface area contributed by atoms with Crippen LogP contribution in [0.1, 0.15) is 18.4 Å². The molecule has 0 fully saturated rings. The van der Waals surface area contributed by atoms with Crippen LogP contribution < -0.4 is 4.74 Å². The summed E-state index contributed by atoms with van der Waals surface area (Å²) in [6.45, 7) is 1.60. The maximum Gasteiger partial charge on any atom is 0.310 e. The van der Waals surface area contributed by atoms with Crippen molar-refractivity contribution in [2.75, 3.05) is 7.11 Å². The van der Waals surface area contributed by atoms with E-state index in [9.17, 15) is 9.18 Å². The molecule has 0 aliphatic heterocycles. The van der Waals surface area contributed by atoms with Crippen molar-refractivity contribution in [1.82, 2.24) is 0 Å². The first kappa shape index (κ1) is 14.1. The fourth-order valence-electron chi connectivity index (χ4n) is 2.02. The molecule has 20 heavy (non-hydrogen) atoms. The van der Waals surface area contributed by atoms with Crippen LogP contribution in [0.2, 0.25) is 0 Å². The zero-order chi connectivity index (χ0) is 14.7. The van der Waals surface area contributed by atoms with Crippen molar-refractivity contribution in [2.45, 2.75) is 12.8 Å². The van der Waals surface area contributed by atoms with E-state index in [1.165, 1.54) is 13.2 Å². The highest BCUT2D eigenvalue weighted by atomic mass is 19.1. The van der Waals surface area contributed by atoms with Crippen molar-refractivity contribution in [1.29, 1.82) is 0 Å². The van der Waals surface area contributed by atoms with Crippen LogP contribution in [-0.2, 0) is 4.79 Å². The Hall–Kier alpha value is -2.36. The molecule has 0 saturated heterocycles. The molecule has 0 aliphatic carbocycles. The topological polar surface area (TPSA) is 46.5 Å². The molecule has 0 heterocycles. The molecule has 0 spiro atoms. The average molecular weight is 274 g/mol. The van der Waals surface area contributed by atoms with Crippen LogP contribution in [0.3, 0.4) is 0 Å². The molecule has 0 aliphatic rings. The standard InChI is InChI=1S/C16H15FO3/c1-10(16(18)19)11-7-8-13(15(9-11)20-2)12-5-3-4-6-14(12)17/h3-10H,1-2H3,(H,18,19). The number of benzene rings is 2. The minimum absolute atomic E-state index is 0.343. The van der Waals surface area contributed by atoms with Gasteiger partial charge in [0.2, 0.25) is 0 Å². The van der Waals surface area contributed by atoms with Gasteiger partial charge in [0.1, 0.15) is 11.6 Å². The largest absolute Gasteiger partial charge is 0.496 e. The third kappa shape index (κ3) is 2.64. The van der Waals surface area contributed by atoms with Gasteiger partial charge in [-0.15, -0.1) is 0 Å². The number of methoxy groups -OCH3 is 1. The Bertz CT molecular complexity index is 637. The maximum absolute atomic E-state index is 13.8. The summed E-state index contributed by atoms with van der Waals surface area (Å²) < 4.78 is 19.1. The fourth-order valence-corrected chi connectivity index (χ4v) is 2.02. The van der Waals surface area contributed by atoms with Crippen molar-refractivity contribution in [3.63, 3.8) is 0 Å². The second kappa shape index (κ2) is 5.74. The number of carboxylic acid groups (broad SMARTS) is 1. The van der Waals surface area contributed by atoms with Gasteiger partial charge in [-0.3, -0.25) is 4.79 Å². The van der Waals surface area contributed by atoms with Gasteiger partial charge in [0, 0.05) is 11.1 Å². The Labute approximate surface area is 116 Å². The minimum Gasteiger partial charge on any atom is -0.496 e. The van der Waals surface area contributed by atoms with Gasteiger partial charge >= 0.3 is 5.97 Å². The van der Waals surface area contributed by atoms with Gasteiger partial charge in [0.15, 0.2) is 0 Å². The zero-order valence-electron chi connectivity index (χ0n) is 11.3.